The third-order valence-electron chi connectivity index (χ3n) is 4.04. The lowest BCUT2D eigenvalue weighted by Gasteiger charge is -2.10. The molecule has 0 unspecified atom stereocenters. The fraction of sp³-hybridized carbons (Fsp3) is 0.0476. The summed E-state index contributed by atoms with van der Waals surface area (Å²) in [7, 11) is 0. The molecule has 0 spiro atoms. The third kappa shape index (κ3) is 5.26. The molecule has 3 aromatic rings. The van der Waals surface area contributed by atoms with Crippen molar-refractivity contribution < 1.29 is 19.1 Å². The van der Waals surface area contributed by atoms with Gasteiger partial charge in [-0.2, -0.15) is 0 Å². The zero-order chi connectivity index (χ0) is 21.0. The summed E-state index contributed by atoms with van der Waals surface area (Å²) in [4.78, 5) is 24.7. The third-order valence-corrected chi connectivity index (χ3v) is 5.13. The molecule has 148 valence electrons. The van der Waals surface area contributed by atoms with Crippen molar-refractivity contribution in [1.82, 2.24) is 0 Å². The van der Waals surface area contributed by atoms with Crippen LogP contribution in [0.25, 0.3) is 0 Å². The average Bonchev–Trinajstić information content (AvgIpc) is 2.67. The van der Waals surface area contributed by atoms with Crippen LogP contribution in [-0.2, 0) is 0 Å². The molecule has 0 atom stereocenters. The summed E-state index contributed by atoms with van der Waals surface area (Å²) >= 11 is 1.39. The maximum atomic E-state index is 13.6. The van der Waals surface area contributed by atoms with Gasteiger partial charge in [0.05, 0.1) is 0 Å². The number of anilines is 3. The minimum absolute atomic E-state index is 0.355. The lowest BCUT2D eigenvalue weighted by Crippen LogP contribution is -2.12. The Morgan fingerprint density at radius 1 is 0.966 bits per heavy atom. The maximum absolute atomic E-state index is 13.6. The molecular formula is C21H18FN3O3S. The van der Waals surface area contributed by atoms with Crippen molar-refractivity contribution in [2.24, 2.45) is 0 Å². The second kappa shape index (κ2) is 8.66. The molecule has 0 fully saturated rings. The molecule has 0 saturated heterocycles. The number of carbonyl (C=O) groups is 2. The Labute approximate surface area is 170 Å². The van der Waals surface area contributed by atoms with Crippen LogP contribution in [0.2, 0.25) is 0 Å². The molecule has 0 aliphatic carbocycles. The first-order valence-electron chi connectivity index (χ1n) is 8.57. The predicted molar refractivity (Wildman–Crippen MR) is 112 cm³/mol. The van der Waals surface area contributed by atoms with Gasteiger partial charge < -0.3 is 16.2 Å². The van der Waals surface area contributed by atoms with E-state index >= 15 is 0 Å². The summed E-state index contributed by atoms with van der Waals surface area (Å²) in [5.74, 6) is -0.778. The van der Waals surface area contributed by atoms with Crippen LogP contribution < -0.4 is 16.4 Å². The first-order valence-corrected chi connectivity index (χ1v) is 9.38. The minimum Gasteiger partial charge on any atom is -0.465 e. The van der Waals surface area contributed by atoms with Crippen LogP contribution in [0, 0.1) is 12.7 Å². The molecule has 3 aromatic carbocycles. The summed E-state index contributed by atoms with van der Waals surface area (Å²) in [6, 6.07) is 16.2. The van der Waals surface area contributed by atoms with E-state index in [1.54, 1.807) is 61.5 Å². The SMILES string of the molecule is Cc1ccc(NC(=O)c2ccc(Sc3ccc(NC(=O)O)cc3)c(N)c2)cc1F. The number of nitrogens with two attached hydrogens (primary N) is 1. The molecule has 0 saturated carbocycles. The van der Waals surface area contributed by atoms with Crippen molar-refractivity contribution in [2.45, 2.75) is 16.7 Å². The predicted octanol–water partition coefficient (Wildman–Crippen LogP) is 5.21. The smallest absolute Gasteiger partial charge is 0.409 e. The van der Waals surface area contributed by atoms with Crippen molar-refractivity contribution in [3.63, 3.8) is 0 Å². The lowest BCUT2D eigenvalue weighted by atomic mass is 10.1. The molecule has 2 amide bonds. The number of halogens is 1. The van der Waals surface area contributed by atoms with Crippen LogP contribution in [0.15, 0.2) is 70.5 Å². The molecule has 29 heavy (non-hydrogen) atoms. The monoisotopic (exact) mass is 411 g/mol. The fourth-order valence-electron chi connectivity index (χ4n) is 2.51. The maximum Gasteiger partial charge on any atom is 0.409 e. The van der Waals surface area contributed by atoms with Gasteiger partial charge in [-0.05, 0) is 67.1 Å². The Balaban J connectivity index is 1.70. The largest absolute Gasteiger partial charge is 0.465 e. The van der Waals surface area contributed by atoms with Crippen LogP contribution >= 0.6 is 11.8 Å². The van der Waals surface area contributed by atoms with Gasteiger partial charge in [-0.3, -0.25) is 10.1 Å². The quantitative estimate of drug-likeness (QED) is 0.432. The van der Waals surface area contributed by atoms with Gasteiger partial charge in [0, 0.05) is 32.4 Å². The normalized spacial score (nSPS) is 10.4. The van der Waals surface area contributed by atoms with Gasteiger partial charge in [-0.25, -0.2) is 9.18 Å². The number of carboxylic acid groups (broad SMARTS) is 1. The molecular weight excluding hydrogens is 393 g/mol. The van der Waals surface area contributed by atoms with E-state index in [4.69, 9.17) is 10.8 Å². The van der Waals surface area contributed by atoms with E-state index in [1.165, 1.54) is 17.8 Å². The van der Waals surface area contributed by atoms with Crippen molar-refractivity contribution in [3.8, 4) is 0 Å². The number of benzene rings is 3. The number of aryl methyl sites for hydroxylation is 1. The molecule has 8 heteroatoms. The highest BCUT2D eigenvalue weighted by atomic mass is 32.2. The van der Waals surface area contributed by atoms with Gasteiger partial charge in [0.1, 0.15) is 5.82 Å². The van der Waals surface area contributed by atoms with Crippen LogP contribution in [0.5, 0.6) is 0 Å². The topological polar surface area (TPSA) is 104 Å². The first-order chi connectivity index (χ1) is 13.8. The standard InChI is InChI=1S/C21H18FN3O3S/c1-12-2-4-15(11-17(12)22)24-20(26)13-3-9-19(18(23)10-13)29-16-7-5-14(6-8-16)25-21(27)28/h2-11,25H,23H2,1H3,(H,24,26)(H,27,28). The van der Waals surface area contributed by atoms with Crippen molar-refractivity contribution in [1.29, 1.82) is 0 Å². The van der Waals surface area contributed by atoms with Crippen molar-refractivity contribution in [2.75, 3.05) is 16.4 Å². The van der Waals surface area contributed by atoms with Gasteiger partial charge in [0.25, 0.3) is 5.91 Å². The molecule has 5 N–H and O–H groups in total. The van der Waals surface area contributed by atoms with Crippen molar-refractivity contribution >= 4 is 40.8 Å². The number of amides is 2. The van der Waals surface area contributed by atoms with E-state index in [-0.39, 0.29) is 5.91 Å². The van der Waals surface area contributed by atoms with Crippen molar-refractivity contribution in [3.05, 3.63) is 77.6 Å². The summed E-state index contributed by atoms with van der Waals surface area (Å²) in [6.45, 7) is 1.65. The van der Waals surface area contributed by atoms with Crippen LogP contribution in [-0.4, -0.2) is 17.1 Å². The summed E-state index contributed by atoms with van der Waals surface area (Å²) in [5.41, 5.74) is 8.20. The summed E-state index contributed by atoms with van der Waals surface area (Å²) in [5, 5.41) is 13.6. The fourth-order valence-corrected chi connectivity index (χ4v) is 3.35. The second-order valence-corrected chi connectivity index (χ2v) is 7.34. The molecule has 3 rings (SSSR count). The van der Waals surface area contributed by atoms with E-state index in [2.05, 4.69) is 10.6 Å². The molecule has 0 aliphatic heterocycles. The molecule has 6 nitrogen and oxygen atoms in total. The van der Waals surface area contributed by atoms with Gasteiger partial charge in [0.15, 0.2) is 0 Å². The van der Waals surface area contributed by atoms with E-state index in [1.807, 2.05) is 0 Å². The van der Waals surface area contributed by atoms with E-state index in [9.17, 15) is 14.0 Å². The second-order valence-electron chi connectivity index (χ2n) is 6.23. The highest BCUT2D eigenvalue weighted by Gasteiger charge is 2.11. The number of rotatable bonds is 5. The first kappa shape index (κ1) is 20.2. The van der Waals surface area contributed by atoms with E-state index in [0.29, 0.717) is 28.2 Å². The number of hydrogen-bond donors (Lipinski definition) is 4. The highest BCUT2D eigenvalue weighted by Crippen LogP contribution is 2.33. The average molecular weight is 411 g/mol. The molecule has 0 aliphatic rings. The molecule has 0 heterocycles. The Hall–Kier alpha value is -3.52. The lowest BCUT2D eigenvalue weighted by molar-refractivity contribution is 0.102. The highest BCUT2D eigenvalue weighted by molar-refractivity contribution is 7.99. The van der Waals surface area contributed by atoms with Gasteiger partial charge in [0.2, 0.25) is 0 Å². The Bertz CT molecular complexity index is 1070. The minimum atomic E-state index is -1.13. The van der Waals surface area contributed by atoms with Gasteiger partial charge in [-0.15, -0.1) is 0 Å². The zero-order valence-corrected chi connectivity index (χ0v) is 16.2. The van der Waals surface area contributed by atoms with E-state index < -0.39 is 11.9 Å². The molecule has 0 radical (unpaired) electrons. The van der Waals surface area contributed by atoms with Gasteiger partial charge >= 0.3 is 6.09 Å². The molecule has 0 bridgehead atoms. The van der Waals surface area contributed by atoms with E-state index in [0.717, 1.165) is 9.79 Å². The molecule has 0 aromatic heterocycles. The number of hydrogen-bond acceptors (Lipinski definition) is 4. The number of carbonyl (C=O) groups excluding carboxylic acids is 1. The number of nitrogen functional groups attached to an aromatic ring is 1. The van der Waals surface area contributed by atoms with Crippen LogP contribution in [0.4, 0.5) is 26.2 Å². The zero-order valence-electron chi connectivity index (χ0n) is 15.4. The summed E-state index contributed by atoms with van der Waals surface area (Å²) in [6.07, 6.45) is -1.13. The van der Waals surface area contributed by atoms with Crippen LogP contribution in [0.1, 0.15) is 15.9 Å². The summed E-state index contributed by atoms with van der Waals surface area (Å²) < 4.78 is 13.6. The number of nitrogens with one attached hydrogen (secondary N) is 2. The Kier molecular flexibility index (Phi) is 6.04. The van der Waals surface area contributed by atoms with Gasteiger partial charge in [-0.1, -0.05) is 17.8 Å². The van der Waals surface area contributed by atoms with Crippen LogP contribution in [0.3, 0.4) is 0 Å². The Morgan fingerprint density at radius 2 is 1.66 bits per heavy atom. The Morgan fingerprint density at radius 3 is 2.28 bits per heavy atom.